The summed E-state index contributed by atoms with van der Waals surface area (Å²) in [4.78, 5) is 0. The van der Waals surface area contributed by atoms with Crippen LogP contribution in [0.25, 0.3) is 0 Å². The number of rotatable bonds is 5. The third kappa shape index (κ3) is 2.83. The van der Waals surface area contributed by atoms with E-state index in [0.717, 1.165) is 31.6 Å². The lowest BCUT2D eigenvalue weighted by molar-refractivity contribution is 0.276. The van der Waals surface area contributed by atoms with E-state index in [-0.39, 0.29) is 0 Å². The number of nitrogens with one attached hydrogen (secondary N) is 1. The minimum atomic E-state index is -0.390. The molecule has 96 valence electrons. The van der Waals surface area contributed by atoms with Crippen LogP contribution in [0.3, 0.4) is 0 Å². The molecule has 0 heterocycles. The third-order valence-electron chi connectivity index (χ3n) is 3.33. The molecule has 1 N–H and O–H groups in total. The highest BCUT2D eigenvalue weighted by Gasteiger charge is 2.22. The maximum atomic E-state index is 8.74. The Morgan fingerprint density at radius 3 is 3.11 bits per heavy atom. The summed E-state index contributed by atoms with van der Waals surface area (Å²) in [6.45, 7) is 5.01. The topological polar surface area (TPSA) is 45.0 Å². The molecule has 0 aromatic heterocycles. The molecule has 2 unspecified atom stereocenters. The zero-order valence-corrected chi connectivity index (χ0v) is 11.1. The Morgan fingerprint density at radius 1 is 1.56 bits per heavy atom. The van der Waals surface area contributed by atoms with Crippen molar-refractivity contribution in [3.63, 3.8) is 0 Å². The van der Waals surface area contributed by atoms with Crippen molar-refractivity contribution in [2.45, 2.75) is 45.3 Å². The normalized spacial score (nSPS) is 19.1. The fourth-order valence-electron chi connectivity index (χ4n) is 2.43. The molecule has 1 aliphatic rings. The molecule has 2 rings (SSSR count). The summed E-state index contributed by atoms with van der Waals surface area (Å²) in [5.74, 6) is 0.805. The van der Waals surface area contributed by atoms with Crippen molar-refractivity contribution in [3.8, 4) is 11.8 Å². The maximum absolute atomic E-state index is 8.74. The molecule has 1 aromatic carbocycles. The first-order valence-corrected chi connectivity index (χ1v) is 6.67. The summed E-state index contributed by atoms with van der Waals surface area (Å²) < 4.78 is 5.52. The van der Waals surface area contributed by atoms with Gasteiger partial charge in [0.05, 0.1) is 0 Å². The van der Waals surface area contributed by atoms with E-state index in [1.807, 2.05) is 6.07 Å². The largest absolute Gasteiger partial charge is 0.476 e. The maximum Gasteiger partial charge on any atom is 0.181 e. The summed E-state index contributed by atoms with van der Waals surface area (Å²) >= 11 is 0. The lowest BCUT2D eigenvalue weighted by Gasteiger charge is -2.14. The molecular weight excluding hydrogens is 224 g/mol. The molecule has 0 saturated carbocycles. The van der Waals surface area contributed by atoms with E-state index in [9.17, 15) is 0 Å². The second kappa shape index (κ2) is 5.88. The Balaban J connectivity index is 2.08. The van der Waals surface area contributed by atoms with Crippen LogP contribution >= 0.6 is 0 Å². The molecule has 3 heteroatoms. The number of hydrogen-bond donors (Lipinski definition) is 1. The number of nitriles is 1. The van der Waals surface area contributed by atoms with Crippen LogP contribution in [0.2, 0.25) is 0 Å². The Kier molecular flexibility index (Phi) is 4.22. The molecule has 18 heavy (non-hydrogen) atoms. The number of nitrogens with zero attached hydrogens (tertiary/aromatic N) is 1. The average Bonchev–Trinajstić information content (AvgIpc) is 2.78. The molecule has 0 radical (unpaired) electrons. The Labute approximate surface area is 109 Å². The highest BCUT2D eigenvalue weighted by molar-refractivity contribution is 5.40. The van der Waals surface area contributed by atoms with E-state index in [2.05, 4.69) is 30.4 Å². The van der Waals surface area contributed by atoms with Crippen molar-refractivity contribution in [2.75, 3.05) is 6.54 Å². The van der Waals surface area contributed by atoms with Crippen LogP contribution in [0.4, 0.5) is 0 Å². The molecule has 0 aliphatic heterocycles. The molecule has 0 bridgehead atoms. The molecule has 0 spiro atoms. The highest BCUT2D eigenvalue weighted by atomic mass is 16.5. The number of fused-ring (bicyclic) bond motifs is 1. The van der Waals surface area contributed by atoms with Crippen molar-refractivity contribution in [1.82, 2.24) is 5.32 Å². The number of benzene rings is 1. The monoisotopic (exact) mass is 244 g/mol. The van der Waals surface area contributed by atoms with Crippen molar-refractivity contribution in [3.05, 3.63) is 29.3 Å². The predicted molar refractivity (Wildman–Crippen MR) is 71.5 cm³/mol. The lowest BCUT2D eigenvalue weighted by atomic mass is 10.1. The summed E-state index contributed by atoms with van der Waals surface area (Å²) in [5, 5.41) is 12.3. The van der Waals surface area contributed by atoms with Crippen LogP contribution < -0.4 is 10.1 Å². The SMILES string of the molecule is CCCNC1CCc2cc(OC(C)C#N)ccc21. The van der Waals surface area contributed by atoms with Gasteiger partial charge in [0.2, 0.25) is 0 Å². The van der Waals surface area contributed by atoms with Crippen molar-refractivity contribution < 1.29 is 4.74 Å². The van der Waals surface area contributed by atoms with E-state index >= 15 is 0 Å². The zero-order valence-electron chi connectivity index (χ0n) is 11.1. The Bertz CT molecular complexity index is 450. The first kappa shape index (κ1) is 12.9. The predicted octanol–water partition coefficient (Wildman–Crippen LogP) is 2.96. The van der Waals surface area contributed by atoms with E-state index in [0.29, 0.717) is 6.04 Å². The molecule has 1 aliphatic carbocycles. The van der Waals surface area contributed by atoms with Crippen molar-refractivity contribution >= 4 is 0 Å². The summed E-state index contributed by atoms with van der Waals surface area (Å²) in [5.41, 5.74) is 2.74. The zero-order chi connectivity index (χ0) is 13.0. The average molecular weight is 244 g/mol. The van der Waals surface area contributed by atoms with E-state index in [1.54, 1.807) is 6.92 Å². The lowest BCUT2D eigenvalue weighted by Crippen LogP contribution is -2.19. The van der Waals surface area contributed by atoms with Crippen molar-refractivity contribution in [2.24, 2.45) is 0 Å². The third-order valence-corrected chi connectivity index (χ3v) is 3.33. The van der Waals surface area contributed by atoms with E-state index in [4.69, 9.17) is 10.00 Å². The van der Waals surface area contributed by atoms with Gasteiger partial charge < -0.3 is 10.1 Å². The van der Waals surface area contributed by atoms with Gasteiger partial charge in [-0.1, -0.05) is 13.0 Å². The van der Waals surface area contributed by atoms with Gasteiger partial charge in [0.15, 0.2) is 6.10 Å². The fraction of sp³-hybridized carbons (Fsp3) is 0.533. The molecule has 0 saturated heterocycles. The molecule has 3 nitrogen and oxygen atoms in total. The first-order valence-electron chi connectivity index (χ1n) is 6.67. The highest BCUT2D eigenvalue weighted by Crippen LogP contribution is 2.33. The van der Waals surface area contributed by atoms with Crippen LogP contribution in [0.15, 0.2) is 18.2 Å². The second-order valence-electron chi connectivity index (χ2n) is 4.80. The van der Waals surface area contributed by atoms with Gasteiger partial charge in [-0.3, -0.25) is 0 Å². The first-order chi connectivity index (χ1) is 8.74. The van der Waals surface area contributed by atoms with Gasteiger partial charge in [-0.25, -0.2) is 0 Å². The summed E-state index contributed by atoms with van der Waals surface area (Å²) in [7, 11) is 0. The molecule has 2 atom stereocenters. The van der Waals surface area contributed by atoms with Crippen molar-refractivity contribution in [1.29, 1.82) is 5.26 Å². The van der Waals surface area contributed by atoms with E-state index in [1.165, 1.54) is 11.1 Å². The second-order valence-corrected chi connectivity index (χ2v) is 4.80. The fourth-order valence-corrected chi connectivity index (χ4v) is 2.43. The quantitative estimate of drug-likeness (QED) is 0.866. The molecule has 1 aromatic rings. The number of aryl methyl sites for hydroxylation is 1. The van der Waals surface area contributed by atoms with Gasteiger partial charge in [-0.15, -0.1) is 0 Å². The Morgan fingerprint density at radius 2 is 2.39 bits per heavy atom. The standard InChI is InChI=1S/C15H20N2O/c1-3-8-17-15-7-4-12-9-13(5-6-14(12)15)18-11(2)10-16/h5-6,9,11,15,17H,3-4,7-8H2,1-2H3. The van der Waals surface area contributed by atoms with Gasteiger partial charge in [0, 0.05) is 6.04 Å². The molecular formula is C15H20N2O. The number of ether oxygens (including phenoxy) is 1. The summed E-state index contributed by atoms with van der Waals surface area (Å²) in [6.07, 6.45) is 3.02. The van der Waals surface area contributed by atoms with Crippen LogP contribution in [-0.4, -0.2) is 12.6 Å². The molecule has 0 amide bonds. The molecule has 0 fully saturated rings. The van der Waals surface area contributed by atoms with Crippen LogP contribution in [0.1, 0.15) is 43.9 Å². The summed E-state index contributed by atoms with van der Waals surface area (Å²) in [6, 6.07) is 8.76. The Hall–Kier alpha value is -1.53. The number of hydrogen-bond acceptors (Lipinski definition) is 3. The van der Waals surface area contributed by atoms with Crippen LogP contribution in [-0.2, 0) is 6.42 Å². The van der Waals surface area contributed by atoms with Gasteiger partial charge in [0.25, 0.3) is 0 Å². The van der Waals surface area contributed by atoms with E-state index < -0.39 is 6.10 Å². The smallest absolute Gasteiger partial charge is 0.181 e. The minimum absolute atomic E-state index is 0.390. The van der Waals surface area contributed by atoms with Gasteiger partial charge in [0.1, 0.15) is 11.8 Å². The van der Waals surface area contributed by atoms with Gasteiger partial charge >= 0.3 is 0 Å². The van der Waals surface area contributed by atoms with Crippen LogP contribution in [0, 0.1) is 11.3 Å². The van der Waals surface area contributed by atoms with Gasteiger partial charge in [-0.05, 0) is 56.0 Å². The minimum Gasteiger partial charge on any atom is -0.476 e. The van der Waals surface area contributed by atoms with Crippen LogP contribution in [0.5, 0.6) is 5.75 Å². The van der Waals surface area contributed by atoms with Gasteiger partial charge in [-0.2, -0.15) is 5.26 Å².